The average Bonchev–Trinajstić information content (AvgIpc) is 3.30. The van der Waals surface area contributed by atoms with Gasteiger partial charge in [0.15, 0.2) is 5.96 Å². The number of thiophene rings is 1. The Bertz CT molecular complexity index is 662. The lowest BCUT2D eigenvalue weighted by Crippen LogP contribution is -2.46. The fraction of sp³-hybridized carbons (Fsp3) is 0.500. The number of ether oxygens (including phenoxy) is 1. The van der Waals surface area contributed by atoms with Gasteiger partial charge in [-0.2, -0.15) is 11.3 Å². The summed E-state index contributed by atoms with van der Waals surface area (Å²) in [6.45, 7) is 6.83. The summed E-state index contributed by atoms with van der Waals surface area (Å²) in [5, 5.41) is 11.0. The molecule has 0 bridgehead atoms. The van der Waals surface area contributed by atoms with Gasteiger partial charge in [-0.1, -0.05) is 0 Å². The van der Waals surface area contributed by atoms with Crippen molar-refractivity contribution in [1.29, 1.82) is 0 Å². The van der Waals surface area contributed by atoms with Crippen LogP contribution in [0.15, 0.2) is 38.4 Å². The Labute approximate surface area is 152 Å². The zero-order chi connectivity index (χ0) is 17.5. The maximum Gasteiger partial charge on any atom is 0.191 e. The molecule has 0 aromatic carbocycles. The summed E-state index contributed by atoms with van der Waals surface area (Å²) in [5.74, 6) is 2.72. The molecule has 1 unspecified atom stereocenters. The van der Waals surface area contributed by atoms with Crippen molar-refractivity contribution in [2.75, 3.05) is 39.9 Å². The Balaban J connectivity index is 1.60. The van der Waals surface area contributed by atoms with Crippen LogP contribution in [-0.2, 0) is 11.3 Å². The molecule has 0 aliphatic carbocycles. The fourth-order valence-corrected chi connectivity index (χ4v) is 3.59. The molecular weight excluding hydrogens is 336 g/mol. The van der Waals surface area contributed by atoms with E-state index in [0.717, 1.165) is 56.9 Å². The number of morpholine rings is 1. The zero-order valence-electron chi connectivity index (χ0n) is 14.8. The maximum atomic E-state index is 5.90. The molecule has 1 aliphatic heterocycles. The summed E-state index contributed by atoms with van der Waals surface area (Å²) < 4.78 is 11.4. The third-order valence-corrected chi connectivity index (χ3v) is 5.03. The highest BCUT2D eigenvalue weighted by Gasteiger charge is 2.25. The number of guanidine groups is 1. The van der Waals surface area contributed by atoms with Crippen molar-refractivity contribution in [3.8, 4) is 0 Å². The van der Waals surface area contributed by atoms with Crippen molar-refractivity contribution in [2.24, 2.45) is 4.99 Å². The largest absolute Gasteiger partial charge is 0.465 e. The van der Waals surface area contributed by atoms with Crippen LogP contribution < -0.4 is 10.6 Å². The van der Waals surface area contributed by atoms with Gasteiger partial charge in [0.05, 0.1) is 19.3 Å². The van der Waals surface area contributed by atoms with Gasteiger partial charge in [0, 0.05) is 33.2 Å². The Kier molecular flexibility index (Phi) is 6.49. The van der Waals surface area contributed by atoms with E-state index in [4.69, 9.17) is 9.15 Å². The lowest BCUT2D eigenvalue weighted by Gasteiger charge is -2.33. The lowest BCUT2D eigenvalue weighted by atomic mass is 10.1. The summed E-state index contributed by atoms with van der Waals surface area (Å²) >= 11 is 1.70. The average molecular weight is 362 g/mol. The fourth-order valence-electron chi connectivity index (χ4n) is 2.92. The minimum Gasteiger partial charge on any atom is -0.465 e. The topological polar surface area (TPSA) is 62.0 Å². The molecule has 1 atom stereocenters. The molecule has 2 N–H and O–H groups in total. The van der Waals surface area contributed by atoms with Gasteiger partial charge in [-0.05, 0) is 41.4 Å². The maximum absolute atomic E-state index is 5.90. The quantitative estimate of drug-likeness (QED) is 0.610. The summed E-state index contributed by atoms with van der Waals surface area (Å²) in [4.78, 5) is 6.73. The van der Waals surface area contributed by atoms with Gasteiger partial charge in [0.25, 0.3) is 0 Å². The van der Waals surface area contributed by atoms with Crippen molar-refractivity contribution in [1.82, 2.24) is 15.5 Å². The van der Waals surface area contributed by atoms with Crippen molar-refractivity contribution in [3.63, 3.8) is 0 Å². The molecule has 136 valence electrons. The lowest BCUT2D eigenvalue weighted by molar-refractivity contribution is 0.0124. The molecule has 1 saturated heterocycles. The van der Waals surface area contributed by atoms with E-state index < -0.39 is 0 Å². The van der Waals surface area contributed by atoms with Crippen LogP contribution in [0.5, 0.6) is 0 Å². The van der Waals surface area contributed by atoms with Crippen LogP contribution in [0.25, 0.3) is 0 Å². The smallest absolute Gasteiger partial charge is 0.191 e. The number of rotatable bonds is 6. The predicted molar refractivity (Wildman–Crippen MR) is 101 cm³/mol. The van der Waals surface area contributed by atoms with Crippen LogP contribution in [0.1, 0.15) is 23.1 Å². The van der Waals surface area contributed by atoms with Crippen molar-refractivity contribution >= 4 is 17.3 Å². The molecule has 1 fully saturated rings. The number of furan rings is 1. The van der Waals surface area contributed by atoms with Gasteiger partial charge in [-0.3, -0.25) is 9.89 Å². The minimum absolute atomic E-state index is 0.164. The number of nitrogens with one attached hydrogen (secondary N) is 2. The van der Waals surface area contributed by atoms with Gasteiger partial charge in [-0.15, -0.1) is 0 Å². The summed E-state index contributed by atoms with van der Waals surface area (Å²) in [6.07, 6.45) is 0. The molecule has 7 heteroatoms. The van der Waals surface area contributed by atoms with Crippen molar-refractivity contribution < 1.29 is 9.15 Å². The van der Waals surface area contributed by atoms with Crippen LogP contribution in [0.4, 0.5) is 0 Å². The summed E-state index contributed by atoms with van der Waals surface area (Å²) in [7, 11) is 1.80. The first-order valence-electron chi connectivity index (χ1n) is 8.60. The molecule has 2 aromatic rings. The van der Waals surface area contributed by atoms with E-state index in [1.54, 1.807) is 18.4 Å². The van der Waals surface area contributed by atoms with Gasteiger partial charge < -0.3 is 19.8 Å². The van der Waals surface area contributed by atoms with Gasteiger partial charge in [0.2, 0.25) is 0 Å². The van der Waals surface area contributed by atoms with E-state index in [1.807, 2.05) is 13.0 Å². The third kappa shape index (κ3) is 5.07. The Morgan fingerprint density at radius 3 is 2.76 bits per heavy atom. The Hall–Kier alpha value is -1.83. The summed E-state index contributed by atoms with van der Waals surface area (Å²) in [5.41, 5.74) is 1.26. The van der Waals surface area contributed by atoms with Crippen LogP contribution in [-0.4, -0.2) is 50.8 Å². The van der Waals surface area contributed by atoms with Gasteiger partial charge in [0.1, 0.15) is 11.5 Å². The standard InChI is InChI=1S/C18H26N4O2S/c1-14-3-4-17(24-14)16(22-6-8-23-9-7-22)12-21-18(19-2)20-11-15-5-10-25-13-15/h3-5,10,13,16H,6-9,11-12H2,1-2H3,(H2,19,20,21). The number of aliphatic imine (C=N–C) groups is 1. The van der Waals surface area contributed by atoms with Crippen LogP contribution in [0.3, 0.4) is 0 Å². The molecule has 0 spiro atoms. The Morgan fingerprint density at radius 2 is 2.12 bits per heavy atom. The van der Waals surface area contributed by atoms with E-state index in [1.165, 1.54) is 5.56 Å². The molecule has 0 saturated carbocycles. The second-order valence-corrected chi connectivity index (χ2v) is 6.83. The normalized spacial score (nSPS) is 17.4. The van der Waals surface area contributed by atoms with E-state index in [-0.39, 0.29) is 6.04 Å². The van der Waals surface area contributed by atoms with E-state index in [0.29, 0.717) is 0 Å². The molecule has 2 aromatic heterocycles. The summed E-state index contributed by atoms with van der Waals surface area (Å²) in [6, 6.07) is 6.37. The first kappa shape index (κ1) is 18.0. The third-order valence-electron chi connectivity index (χ3n) is 4.30. The number of hydrogen-bond donors (Lipinski definition) is 2. The first-order chi connectivity index (χ1) is 12.3. The van der Waals surface area contributed by atoms with Crippen LogP contribution in [0.2, 0.25) is 0 Å². The molecule has 1 aliphatic rings. The number of aryl methyl sites for hydroxylation is 1. The number of hydrogen-bond acceptors (Lipinski definition) is 5. The first-order valence-corrected chi connectivity index (χ1v) is 9.54. The van der Waals surface area contributed by atoms with E-state index in [9.17, 15) is 0 Å². The monoisotopic (exact) mass is 362 g/mol. The molecule has 3 heterocycles. The zero-order valence-corrected chi connectivity index (χ0v) is 15.6. The highest BCUT2D eigenvalue weighted by Crippen LogP contribution is 2.23. The van der Waals surface area contributed by atoms with Crippen molar-refractivity contribution in [2.45, 2.75) is 19.5 Å². The second kappa shape index (κ2) is 9.03. The van der Waals surface area contributed by atoms with Crippen LogP contribution in [0, 0.1) is 6.92 Å². The van der Waals surface area contributed by atoms with E-state index >= 15 is 0 Å². The SMILES string of the molecule is CN=C(NCc1ccsc1)NCC(c1ccc(C)o1)N1CCOCC1. The minimum atomic E-state index is 0.164. The molecule has 25 heavy (non-hydrogen) atoms. The molecule has 0 amide bonds. The number of nitrogens with zero attached hydrogens (tertiary/aromatic N) is 2. The predicted octanol–water partition coefficient (Wildman–Crippen LogP) is 2.39. The van der Waals surface area contributed by atoms with E-state index in [2.05, 4.69) is 43.4 Å². The molecule has 6 nitrogen and oxygen atoms in total. The second-order valence-electron chi connectivity index (χ2n) is 6.05. The van der Waals surface area contributed by atoms with Gasteiger partial charge >= 0.3 is 0 Å². The molecule has 0 radical (unpaired) electrons. The Morgan fingerprint density at radius 1 is 1.28 bits per heavy atom. The highest BCUT2D eigenvalue weighted by molar-refractivity contribution is 7.07. The molecular formula is C18H26N4O2S. The van der Waals surface area contributed by atoms with Gasteiger partial charge in [-0.25, -0.2) is 0 Å². The highest BCUT2D eigenvalue weighted by atomic mass is 32.1. The van der Waals surface area contributed by atoms with Crippen molar-refractivity contribution in [3.05, 3.63) is 46.0 Å². The van der Waals surface area contributed by atoms with Crippen LogP contribution >= 0.6 is 11.3 Å². The molecule has 3 rings (SSSR count).